The number of aryl methyl sites for hydroxylation is 1. The van der Waals surface area contributed by atoms with E-state index in [4.69, 9.17) is 5.73 Å². The van der Waals surface area contributed by atoms with Crippen LogP contribution in [0, 0.1) is 12.8 Å². The number of rotatable bonds is 2. The number of nitrogens with two attached hydrogens (primary N) is 1. The summed E-state index contributed by atoms with van der Waals surface area (Å²) in [6.45, 7) is 3.20. The van der Waals surface area contributed by atoms with Crippen LogP contribution in [0.15, 0.2) is 10.8 Å². The molecule has 92 valence electrons. The minimum Gasteiger partial charge on any atom is -0.369 e. The summed E-state index contributed by atoms with van der Waals surface area (Å²) in [7, 11) is 0. The predicted octanol–water partition coefficient (Wildman–Crippen LogP) is 1.39. The highest BCUT2D eigenvalue weighted by atomic mass is 32.1. The molecule has 0 saturated carbocycles. The first kappa shape index (κ1) is 12.1. The zero-order valence-corrected chi connectivity index (χ0v) is 10.6. The van der Waals surface area contributed by atoms with Gasteiger partial charge in [-0.2, -0.15) is 11.3 Å². The van der Waals surface area contributed by atoms with Gasteiger partial charge in [-0.25, -0.2) is 0 Å². The average Bonchev–Trinajstić information content (AvgIpc) is 2.74. The summed E-state index contributed by atoms with van der Waals surface area (Å²) >= 11 is 1.54. The number of likely N-dealkylation sites (tertiary alicyclic amines) is 1. The largest absolute Gasteiger partial charge is 0.369 e. The lowest BCUT2D eigenvalue weighted by Gasteiger charge is -2.30. The van der Waals surface area contributed by atoms with Gasteiger partial charge in [0.2, 0.25) is 5.91 Å². The second-order valence-corrected chi connectivity index (χ2v) is 5.18. The van der Waals surface area contributed by atoms with Crippen LogP contribution in [0.4, 0.5) is 0 Å². The minimum absolute atomic E-state index is 0.0670. The van der Waals surface area contributed by atoms with Gasteiger partial charge in [-0.1, -0.05) is 0 Å². The fourth-order valence-corrected chi connectivity index (χ4v) is 2.94. The topological polar surface area (TPSA) is 63.4 Å². The van der Waals surface area contributed by atoms with E-state index in [9.17, 15) is 9.59 Å². The van der Waals surface area contributed by atoms with Gasteiger partial charge in [-0.15, -0.1) is 0 Å². The highest BCUT2D eigenvalue weighted by molar-refractivity contribution is 7.08. The Kier molecular flexibility index (Phi) is 3.47. The summed E-state index contributed by atoms with van der Waals surface area (Å²) in [6, 6.07) is 0. The Morgan fingerprint density at radius 3 is 2.47 bits per heavy atom. The molecule has 0 unspecified atom stereocenters. The fraction of sp³-hybridized carbons (Fsp3) is 0.500. The van der Waals surface area contributed by atoms with E-state index in [1.54, 1.807) is 11.3 Å². The number of thiophene rings is 1. The molecule has 1 fully saturated rings. The molecule has 0 bridgehead atoms. The van der Waals surface area contributed by atoms with Gasteiger partial charge in [0.15, 0.2) is 0 Å². The van der Waals surface area contributed by atoms with E-state index in [0.29, 0.717) is 25.9 Å². The number of primary amides is 1. The van der Waals surface area contributed by atoms with Crippen LogP contribution in [0.25, 0.3) is 0 Å². The fourth-order valence-electron chi connectivity index (χ4n) is 2.12. The third-order valence-corrected chi connectivity index (χ3v) is 4.13. The van der Waals surface area contributed by atoms with Crippen LogP contribution < -0.4 is 5.73 Å². The Hall–Kier alpha value is -1.36. The first-order valence-electron chi connectivity index (χ1n) is 5.71. The van der Waals surface area contributed by atoms with Crippen LogP contribution in [-0.2, 0) is 4.79 Å². The number of piperidine rings is 1. The molecule has 2 rings (SSSR count). The lowest BCUT2D eigenvalue weighted by atomic mass is 9.96. The molecule has 0 spiro atoms. The van der Waals surface area contributed by atoms with E-state index in [0.717, 1.165) is 11.1 Å². The van der Waals surface area contributed by atoms with Crippen LogP contribution in [0.5, 0.6) is 0 Å². The maximum absolute atomic E-state index is 12.2. The van der Waals surface area contributed by atoms with Gasteiger partial charge < -0.3 is 10.6 Å². The van der Waals surface area contributed by atoms with Crippen LogP contribution in [0.2, 0.25) is 0 Å². The quantitative estimate of drug-likeness (QED) is 0.864. The summed E-state index contributed by atoms with van der Waals surface area (Å²) in [5, 5.41) is 3.86. The van der Waals surface area contributed by atoms with E-state index in [1.165, 1.54) is 0 Å². The van der Waals surface area contributed by atoms with Gasteiger partial charge >= 0.3 is 0 Å². The van der Waals surface area contributed by atoms with Gasteiger partial charge in [0, 0.05) is 24.4 Å². The molecule has 0 radical (unpaired) electrons. The molecule has 5 heteroatoms. The summed E-state index contributed by atoms with van der Waals surface area (Å²) in [4.78, 5) is 25.0. The molecule has 1 saturated heterocycles. The molecule has 4 nitrogen and oxygen atoms in total. The summed E-state index contributed by atoms with van der Waals surface area (Å²) in [6.07, 6.45) is 1.37. The molecule has 1 aliphatic heterocycles. The van der Waals surface area contributed by atoms with E-state index in [2.05, 4.69) is 0 Å². The van der Waals surface area contributed by atoms with Crippen LogP contribution in [0.1, 0.15) is 28.8 Å². The average molecular weight is 252 g/mol. The summed E-state index contributed by atoms with van der Waals surface area (Å²) in [5.41, 5.74) is 7.08. The molecule has 2 amide bonds. The number of hydrogen-bond acceptors (Lipinski definition) is 3. The van der Waals surface area contributed by atoms with E-state index in [1.807, 2.05) is 22.6 Å². The molecular weight excluding hydrogens is 236 g/mol. The van der Waals surface area contributed by atoms with Crippen molar-refractivity contribution in [1.82, 2.24) is 4.90 Å². The van der Waals surface area contributed by atoms with Crippen molar-refractivity contribution in [2.45, 2.75) is 19.8 Å². The van der Waals surface area contributed by atoms with Crippen molar-refractivity contribution in [3.05, 3.63) is 21.9 Å². The van der Waals surface area contributed by atoms with Crippen LogP contribution in [-0.4, -0.2) is 29.8 Å². The Bertz CT molecular complexity index is 433. The van der Waals surface area contributed by atoms with Crippen molar-refractivity contribution in [3.63, 3.8) is 0 Å². The van der Waals surface area contributed by atoms with Gasteiger partial charge in [0.1, 0.15) is 0 Å². The molecule has 0 aliphatic carbocycles. The Morgan fingerprint density at radius 2 is 2.00 bits per heavy atom. The van der Waals surface area contributed by atoms with Gasteiger partial charge in [0.05, 0.1) is 5.56 Å². The SMILES string of the molecule is Cc1cscc1C(=O)N1CCC(C(N)=O)CC1. The molecule has 1 aromatic heterocycles. The smallest absolute Gasteiger partial charge is 0.254 e. The van der Waals surface area contributed by atoms with E-state index in [-0.39, 0.29) is 17.7 Å². The zero-order valence-electron chi connectivity index (χ0n) is 9.81. The predicted molar refractivity (Wildman–Crippen MR) is 66.9 cm³/mol. The van der Waals surface area contributed by atoms with E-state index >= 15 is 0 Å². The second kappa shape index (κ2) is 4.87. The van der Waals surface area contributed by atoms with Crippen LogP contribution >= 0.6 is 11.3 Å². The Balaban J connectivity index is 2.00. The third-order valence-electron chi connectivity index (χ3n) is 3.27. The summed E-state index contributed by atoms with van der Waals surface area (Å²) < 4.78 is 0. The van der Waals surface area contributed by atoms with Gasteiger partial charge in [-0.3, -0.25) is 9.59 Å². The standard InChI is InChI=1S/C12H16N2O2S/c1-8-6-17-7-10(8)12(16)14-4-2-9(3-5-14)11(13)15/h6-7,9H,2-5H2,1H3,(H2,13,15). The molecule has 1 aromatic rings. The van der Waals surface area contributed by atoms with Crippen molar-refractivity contribution >= 4 is 23.2 Å². The number of nitrogens with zero attached hydrogens (tertiary/aromatic N) is 1. The van der Waals surface area contributed by atoms with E-state index < -0.39 is 0 Å². The number of hydrogen-bond donors (Lipinski definition) is 1. The molecule has 17 heavy (non-hydrogen) atoms. The van der Waals surface area contributed by atoms with Crippen molar-refractivity contribution < 1.29 is 9.59 Å². The maximum atomic E-state index is 12.2. The van der Waals surface area contributed by atoms with Crippen molar-refractivity contribution in [1.29, 1.82) is 0 Å². The summed E-state index contributed by atoms with van der Waals surface area (Å²) in [5.74, 6) is -0.238. The number of carbonyl (C=O) groups is 2. The maximum Gasteiger partial charge on any atom is 0.254 e. The first-order chi connectivity index (χ1) is 8.09. The molecule has 0 atom stereocenters. The monoisotopic (exact) mass is 252 g/mol. The normalized spacial score (nSPS) is 17.1. The third kappa shape index (κ3) is 2.49. The zero-order chi connectivity index (χ0) is 12.4. The highest BCUT2D eigenvalue weighted by Gasteiger charge is 2.27. The second-order valence-electron chi connectivity index (χ2n) is 4.44. The minimum atomic E-state index is -0.246. The number of carbonyl (C=O) groups excluding carboxylic acids is 2. The van der Waals surface area contributed by atoms with Crippen molar-refractivity contribution in [3.8, 4) is 0 Å². The highest BCUT2D eigenvalue weighted by Crippen LogP contribution is 2.21. The molecular formula is C12H16N2O2S. The Morgan fingerprint density at radius 1 is 1.35 bits per heavy atom. The van der Waals surface area contributed by atoms with Crippen LogP contribution in [0.3, 0.4) is 0 Å². The van der Waals surface area contributed by atoms with Crippen molar-refractivity contribution in [2.24, 2.45) is 11.7 Å². The molecule has 2 heterocycles. The van der Waals surface area contributed by atoms with Crippen molar-refractivity contribution in [2.75, 3.05) is 13.1 Å². The van der Waals surface area contributed by atoms with Gasteiger partial charge in [-0.05, 0) is 30.7 Å². The molecule has 0 aromatic carbocycles. The molecule has 2 N–H and O–H groups in total. The number of amides is 2. The lowest BCUT2D eigenvalue weighted by Crippen LogP contribution is -2.41. The Labute approximate surface area is 104 Å². The molecule has 1 aliphatic rings. The lowest BCUT2D eigenvalue weighted by molar-refractivity contribution is -0.123. The first-order valence-corrected chi connectivity index (χ1v) is 6.65. The van der Waals surface area contributed by atoms with Gasteiger partial charge in [0.25, 0.3) is 5.91 Å².